The van der Waals surface area contributed by atoms with E-state index in [9.17, 15) is 13.2 Å². The highest BCUT2D eigenvalue weighted by molar-refractivity contribution is 9.10. The third-order valence-electron chi connectivity index (χ3n) is 3.28. The van der Waals surface area contributed by atoms with Crippen molar-refractivity contribution in [3.63, 3.8) is 0 Å². The molecule has 2 aromatic rings. The molecule has 24 heavy (non-hydrogen) atoms. The second-order valence-corrected chi connectivity index (χ2v) is 8.42. The summed E-state index contributed by atoms with van der Waals surface area (Å²) in [6, 6.07) is 12.4. The summed E-state index contributed by atoms with van der Waals surface area (Å²) in [5.74, 6) is -0.433. The summed E-state index contributed by atoms with van der Waals surface area (Å²) < 4.78 is 26.3. The van der Waals surface area contributed by atoms with Crippen LogP contribution >= 0.6 is 27.5 Å². The molecule has 0 aromatic heterocycles. The van der Waals surface area contributed by atoms with Gasteiger partial charge < -0.3 is 5.32 Å². The van der Waals surface area contributed by atoms with Crippen molar-refractivity contribution >= 4 is 54.8 Å². The molecule has 0 spiro atoms. The van der Waals surface area contributed by atoms with E-state index in [1.807, 2.05) is 0 Å². The molecule has 0 saturated carbocycles. The van der Waals surface area contributed by atoms with Gasteiger partial charge in [0.15, 0.2) is 0 Å². The van der Waals surface area contributed by atoms with Gasteiger partial charge in [-0.15, -0.1) is 0 Å². The zero-order valence-corrected chi connectivity index (χ0v) is 16.2. The fraction of sp³-hybridized carbons (Fsp3) is 0.188. The minimum absolute atomic E-state index is 0.375. The maximum absolute atomic E-state index is 12.5. The van der Waals surface area contributed by atoms with Crippen LogP contribution in [0.4, 0.5) is 11.4 Å². The zero-order valence-electron chi connectivity index (χ0n) is 13.0. The molecule has 2 rings (SSSR count). The Balaban J connectivity index is 2.27. The average Bonchev–Trinajstić information content (AvgIpc) is 2.50. The lowest BCUT2D eigenvalue weighted by Gasteiger charge is -2.28. The number of halogens is 2. The summed E-state index contributed by atoms with van der Waals surface area (Å²) >= 11 is 9.16. The van der Waals surface area contributed by atoms with E-state index in [0.717, 1.165) is 15.0 Å². The van der Waals surface area contributed by atoms with Gasteiger partial charge in [0.25, 0.3) is 0 Å². The Hall–Kier alpha value is -1.57. The van der Waals surface area contributed by atoms with E-state index in [1.165, 1.54) is 6.92 Å². The highest BCUT2D eigenvalue weighted by Crippen LogP contribution is 2.23. The van der Waals surface area contributed by atoms with Crippen LogP contribution in [-0.2, 0) is 14.8 Å². The van der Waals surface area contributed by atoms with Crippen molar-refractivity contribution in [1.82, 2.24) is 0 Å². The van der Waals surface area contributed by atoms with Crippen LogP contribution in [-0.4, -0.2) is 26.6 Å². The highest BCUT2D eigenvalue weighted by atomic mass is 79.9. The first kappa shape index (κ1) is 18.8. The largest absolute Gasteiger partial charge is 0.324 e. The minimum Gasteiger partial charge on any atom is -0.324 e. The summed E-state index contributed by atoms with van der Waals surface area (Å²) in [6.07, 6.45) is 1.06. The number of hydrogen-bond acceptors (Lipinski definition) is 3. The van der Waals surface area contributed by atoms with Gasteiger partial charge in [0.1, 0.15) is 6.04 Å². The van der Waals surface area contributed by atoms with Crippen LogP contribution in [0.3, 0.4) is 0 Å². The molecular formula is C16H16BrClN2O3S. The number of nitrogens with zero attached hydrogens (tertiary/aromatic N) is 1. The SMILES string of the molecule is C[C@H](C(=O)Nc1ccc(Br)cc1)N(c1ccc(Cl)cc1)S(C)(=O)=O. The van der Waals surface area contributed by atoms with Crippen LogP contribution in [0.5, 0.6) is 0 Å². The highest BCUT2D eigenvalue weighted by Gasteiger charge is 2.29. The Kier molecular flexibility index (Phi) is 5.90. The second kappa shape index (κ2) is 7.55. The monoisotopic (exact) mass is 430 g/mol. The van der Waals surface area contributed by atoms with Crippen LogP contribution in [0, 0.1) is 0 Å². The predicted octanol–water partition coefficient (Wildman–Crippen LogP) is 3.90. The molecule has 0 aliphatic carbocycles. The van der Waals surface area contributed by atoms with E-state index in [0.29, 0.717) is 16.4 Å². The summed E-state index contributed by atoms with van der Waals surface area (Å²) in [7, 11) is -3.65. The van der Waals surface area contributed by atoms with Gasteiger partial charge in [-0.1, -0.05) is 27.5 Å². The van der Waals surface area contributed by atoms with E-state index in [2.05, 4.69) is 21.2 Å². The third kappa shape index (κ3) is 4.72. The van der Waals surface area contributed by atoms with Crippen molar-refractivity contribution in [2.75, 3.05) is 15.9 Å². The normalized spacial score (nSPS) is 12.5. The van der Waals surface area contributed by atoms with Crippen molar-refractivity contribution in [2.24, 2.45) is 0 Å². The Morgan fingerprint density at radius 1 is 1.12 bits per heavy atom. The van der Waals surface area contributed by atoms with E-state index < -0.39 is 22.0 Å². The number of nitrogens with one attached hydrogen (secondary N) is 1. The van der Waals surface area contributed by atoms with Crippen LogP contribution in [0.25, 0.3) is 0 Å². The molecule has 0 bridgehead atoms. The fourth-order valence-corrected chi connectivity index (χ4v) is 3.74. The van der Waals surface area contributed by atoms with Crippen molar-refractivity contribution in [3.8, 4) is 0 Å². The molecule has 0 saturated heterocycles. The molecular weight excluding hydrogens is 416 g/mol. The van der Waals surface area contributed by atoms with Gasteiger partial charge in [-0.25, -0.2) is 8.42 Å². The van der Waals surface area contributed by atoms with E-state index >= 15 is 0 Å². The maximum Gasteiger partial charge on any atom is 0.247 e. The summed E-state index contributed by atoms with van der Waals surface area (Å²) in [4.78, 5) is 12.5. The molecule has 1 amide bonds. The first-order valence-corrected chi connectivity index (χ1v) is 10.0. The number of hydrogen-bond donors (Lipinski definition) is 1. The van der Waals surface area contributed by atoms with Crippen molar-refractivity contribution in [3.05, 3.63) is 58.0 Å². The van der Waals surface area contributed by atoms with Gasteiger partial charge in [0, 0.05) is 15.2 Å². The van der Waals surface area contributed by atoms with Gasteiger partial charge in [0.05, 0.1) is 11.9 Å². The fourth-order valence-electron chi connectivity index (χ4n) is 2.18. The number of carbonyl (C=O) groups excluding carboxylic acids is 1. The molecule has 5 nitrogen and oxygen atoms in total. The summed E-state index contributed by atoms with van der Waals surface area (Å²) in [6.45, 7) is 1.53. The van der Waals surface area contributed by atoms with Gasteiger partial charge in [0.2, 0.25) is 15.9 Å². The zero-order chi connectivity index (χ0) is 17.9. The van der Waals surface area contributed by atoms with E-state index in [-0.39, 0.29) is 0 Å². The van der Waals surface area contributed by atoms with Gasteiger partial charge >= 0.3 is 0 Å². The smallest absolute Gasteiger partial charge is 0.247 e. The number of sulfonamides is 1. The van der Waals surface area contributed by atoms with E-state index in [1.54, 1.807) is 48.5 Å². The molecule has 0 unspecified atom stereocenters. The molecule has 128 valence electrons. The topological polar surface area (TPSA) is 66.5 Å². The molecule has 0 aliphatic rings. The lowest BCUT2D eigenvalue weighted by atomic mass is 10.2. The molecule has 1 N–H and O–H groups in total. The van der Waals surface area contributed by atoms with Crippen molar-refractivity contribution in [2.45, 2.75) is 13.0 Å². The Bertz CT molecular complexity index is 823. The minimum atomic E-state index is -3.65. The molecule has 0 aliphatic heterocycles. The van der Waals surface area contributed by atoms with Crippen LogP contribution in [0.1, 0.15) is 6.92 Å². The van der Waals surface area contributed by atoms with Crippen molar-refractivity contribution in [1.29, 1.82) is 0 Å². The molecule has 0 radical (unpaired) electrons. The molecule has 2 aromatic carbocycles. The molecule has 1 atom stereocenters. The number of anilines is 2. The Labute approximate surface area is 154 Å². The summed E-state index contributed by atoms with van der Waals surface area (Å²) in [5.41, 5.74) is 0.958. The molecule has 0 fully saturated rings. The van der Waals surface area contributed by atoms with Crippen LogP contribution < -0.4 is 9.62 Å². The number of benzene rings is 2. The lowest BCUT2D eigenvalue weighted by Crippen LogP contribution is -2.45. The van der Waals surface area contributed by atoms with Gasteiger partial charge in [-0.3, -0.25) is 9.10 Å². The maximum atomic E-state index is 12.5. The number of carbonyl (C=O) groups is 1. The third-order valence-corrected chi connectivity index (χ3v) is 5.30. The molecule has 8 heteroatoms. The average molecular weight is 432 g/mol. The van der Waals surface area contributed by atoms with Gasteiger partial charge in [-0.2, -0.15) is 0 Å². The number of amides is 1. The first-order valence-electron chi connectivity index (χ1n) is 7.00. The van der Waals surface area contributed by atoms with Crippen LogP contribution in [0.15, 0.2) is 53.0 Å². The lowest BCUT2D eigenvalue weighted by molar-refractivity contribution is -0.116. The van der Waals surface area contributed by atoms with Crippen molar-refractivity contribution < 1.29 is 13.2 Å². The number of rotatable bonds is 5. The van der Waals surface area contributed by atoms with Crippen LogP contribution in [0.2, 0.25) is 5.02 Å². The Morgan fingerprint density at radius 2 is 1.67 bits per heavy atom. The Morgan fingerprint density at radius 3 is 2.17 bits per heavy atom. The molecule has 0 heterocycles. The standard InChI is InChI=1S/C16H16BrClN2O3S/c1-11(16(21)19-14-7-3-12(17)4-8-14)20(24(2,22)23)15-9-5-13(18)6-10-15/h3-11H,1-2H3,(H,19,21)/t11-/m1/s1. The van der Waals surface area contributed by atoms with E-state index in [4.69, 9.17) is 11.6 Å². The first-order chi connectivity index (χ1) is 11.2. The van der Waals surface area contributed by atoms with Gasteiger partial charge in [-0.05, 0) is 55.5 Å². The summed E-state index contributed by atoms with van der Waals surface area (Å²) in [5, 5.41) is 3.20. The quantitative estimate of drug-likeness (QED) is 0.781. The predicted molar refractivity (Wildman–Crippen MR) is 101 cm³/mol. The second-order valence-electron chi connectivity index (χ2n) is 5.21.